The number of nitrogens with one attached hydrogen (secondary N) is 1. The average Bonchev–Trinajstić information content (AvgIpc) is 2.60. The van der Waals surface area contributed by atoms with Crippen molar-refractivity contribution in [3.05, 3.63) is 53.3 Å². The van der Waals surface area contributed by atoms with Crippen molar-refractivity contribution >= 4 is 11.9 Å². The van der Waals surface area contributed by atoms with E-state index in [1.165, 1.54) is 0 Å². The third-order valence-electron chi connectivity index (χ3n) is 4.36. The lowest BCUT2D eigenvalue weighted by molar-refractivity contribution is -0.125. The molecule has 1 amide bonds. The van der Waals surface area contributed by atoms with Gasteiger partial charge < -0.3 is 10.2 Å². The number of aromatic nitrogens is 2. The van der Waals surface area contributed by atoms with Gasteiger partial charge in [-0.25, -0.2) is 9.97 Å². The fraction of sp³-hybridized carbons (Fsp3) is 0.421. The fourth-order valence-corrected chi connectivity index (χ4v) is 3.15. The Labute approximate surface area is 143 Å². The number of nitrogens with zero attached hydrogens (tertiary/aromatic N) is 3. The Morgan fingerprint density at radius 3 is 2.62 bits per heavy atom. The Kier molecular flexibility index (Phi) is 5.08. The summed E-state index contributed by atoms with van der Waals surface area (Å²) in [6.07, 6.45) is 1.90. The maximum Gasteiger partial charge on any atom is 0.225 e. The Hall–Kier alpha value is -2.43. The Balaban J connectivity index is 1.61. The SMILES string of the molecule is Cc1cc(C)nc(N2CCC[C@H](C(=O)NCc3ccccc3)C2)n1. The van der Waals surface area contributed by atoms with Gasteiger partial charge in [0.25, 0.3) is 0 Å². The number of carbonyl (C=O) groups is 1. The van der Waals surface area contributed by atoms with Crippen molar-refractivity contribution < 1.29 is 4.79 Å². The molecule has 0 unspecified atom stereocenters. The summed E-state index contributed by atoms with van der Waals surface area (Å²) in [7, 11) is 0. The molecule has 2 heterocycles. The van der Waals surface area contributed by atoms with Crippen molar-refractivity contribution in [3.63, 3.8) is 0 Å². The van der Waals surface area contributed by atoms with Crippen LogP contribution in [0.2, 0.25) is 0 Å². The lowest BCUT2D eigenvalue weighted by Gasteiger charge is -2.32. The molecule has 0 saturated carbocycles. The predicted octanol–water partition coefficient (Wildman–Crippen LogP) is 2.63. The summed E-state index contributed by atoms with van der Waals surface area (Å²) in [5.74, 6) is 0.855. The molecule has 3 rings (SSSR count). The first-order valence-electron chi connectivity index (χ1n) is 8.50. The van der Waals surface area contributed by atoms with Crippen LogP contribution in [0.1, 0.15) is 29.8 Å². The van der Waals surface area contributed by atoms with Crippen LogP contribution in [0.3, 0.4) is 0 Å². The van der Waals surface area contributed by atoms with E-state index in [1.54, 1.807) is 0 Å². The second-order valence-corrected chi connectivity index (χ2v) is 6.44. The molecular weight excluding hydrogens is 300 g/mol. The molecule has 1 fully saturated rings. The third-order valence-corrected chi connectivity index (χ3v) is 4.36. The maximum atomic E-state index is 12.5. The van der Waals surface area contributed by atoms with Gasteiger partial charge in [-0.3, -0.25) is 4.79 Å². The topological polar surface area (TPSA) is 58.1 Å². The molecule has 1 aliphatic rings. The highest BCUT2D eigenvalue weighted by Gasteiger charge is 2.27. The van der Waals surface area contributed by atoms with E-state index >= 15 is 0 Å². The number of rotatable bonds is 4. The lowest BCUT2D eigenvalue weighted by atomic mass is 9.97. The molecule has 1 saturated heterocycles. The van der Waals surface area contributed by atoms with Gasteiger partial charge in [0.05, 0.1) is 5.92 Å². The summed E-state index contributed by atoms with van der Waals surface area (Å²) in [5, 5.41) is 3.06. The molecule has 0 radical (unpaired) electrons. The lowest BCUT2D eigenvalue weighted by Crippen LogP contribution is -2.43. The molecule has 0 spiro atoms. The predicted molar refractivity (Wildman–Crippen MR) is 94.7 cm³/mol. The largest absolute Gasteiger partial charge is 0.352 e. The number of hydrogen-bond donors (Lipinski definition) is 1. The van der Waals surface area contributed by atoms with E-state index < -0.39 is 0 Å². The summed E-state index contributed by atoms with van der Waals surface area (Å²) in [5.41, 5.74) is 3.05. The van der Waals surface area contributed by atoms with Crippen molar-refractivity contribution in [2.45, 2.75) is 33.2 Å². The van der Waals surface area contributed by atoms with Crippen LogP contribution in [0.5, 0.6) is 0 Å². The van der Waals surface area contributed by atoms with E-state index in [4.69, 9.17) is 0 Å². The molecule has 1 atom stereocenters. The quantitative estimate of drug-likeness (QED) is 0.939. The zero-order valence-corrected chi connectivity index (χ0v) is 14.3. The van der Waals surface area contributed by atoms with Gasteiger partial charge in [-0.2, -0.15) is 0 Å². The van der Waals surface area contributed by atoms with Crippen molar-refractivity contribution in [1.29, 1.82) is 0 Å². The molecule has 5 nitrogen and oxygen atoms in total. The van der Waals surface area contributed by atoms with Crippen LogP contribution in [0.15, 0.2) is 36.4 Å². The van der Waals surface area contributed by atoms with Gasteiger partial charge in [0, 0.05) is 31.0 Å². The molecule has 24 heavy (non-hydrogen) atoms. The van der Waals surface area contributed by atoms with Crippen molar-refractivity contribution in [2.75, 3.05) is 18.0 Å². The molecule has 0 bridgehead atoms. The van der Waals surface area contributed by atoms with Crippen LogP contribution >= 0.6 is 0 Å². The van der Waals surface area contributed by atoms with Crippen LogP contribution in [0, 0.1) is 19.8 Å². The van der Waals surface area contributed by atoms with Gasteiger partial charge in [-0.1, -0.05) is 30.3 Å². The Morgan fingerprint density at radius 1 is 1.21 bits per heavy atom. The second kappa shape index (κ2) is 7.43. The van der Waals surface area contributed by atoms with Crippen LogP contribution in [-0.4, -0.2) is 29.0 Å². The van der Waals surface area contributed by atoms with E-state index in [1.807, 2.05) is 50.2 Å². The third kappa shape index (κ3) is 4.10. The Morgan fingerprint density at radius 2 is 1.92 bits per heavy atom. The number of carbonyl (C=O) groups excluding carboxylic acids is 1. The van der Waals surface area contributed by atoms with Gasteiger partial charge in [0.1, 0.15) is 0 Å². The van der Waals surface area contributed by atoms with Gasteiger partial charge in [-0.15, -0.1) is 0 Å². The number of benzene rings is 1. The highest BCUT2D eigenvalue weighted by molar-refractivity contribution is 5.79. The molecule has 1 N–H and O–H groups in total. The first-order valence-corrected chi connectivity index (χ1v) is 8.50. The van der Waals surface area contributed by atoms with Crippen LogP contribution in [0.4, 0.5) is 5.95 Å². The number of piperidine rings is 1. The highest BCUT2D eigenvalue weighted by Crippen LogP contribution is 2.21. The summed E-state index contributed by atoms with van der Waals surface area (Å²) < 4.78 is 0. The minimum absolute atomic E-state index is 0.00752. The standard InChI is InChI=1S/C19H24N4O/c1-14-11-15(2)22-19(21-14)23-10-6-9-17(13-23)18(24)20-12-16-7-4-3-5-8-16/h3-5,7-8,11,17H,6,9-10,12-13H2,1-2H3,(H,20,24)/t17-/m0/s1. The normalized spacial score (nSPS) is 17.6. The first kappa shape index (κ1) is 16.4. The van der Waals surface area contributed by atoms with Crippen LogP contribution in [0.25, 0.3) is 0 Å². The summed E-state index contributed by atoms with van der Waals surface area (Å²) in [6.45, 7) is 6.13. The molecular formula is C19H24N4O. The highest BCUT2D eigenvalue weighted by atomic mass is 16.1. The number of amides is 1. The zero-order valence-electron chi connectivity index (χ0n) is 14.3. The van der Waals surface area contributed by atoms with E-state index in [2.05, 4.69) is 20.2 Å². The number of hydrogen-bond acceptors (Lipinski definition) is 4. The summed E-state index contributed by atoms with van der Waals surface area (Å²) in [4.78, 5) is 23.7. The number of anilines is 1. The molecule has 1 aromatic heterocycles. The minimum atomic E-state index is -0.00752. The maximum absolute atomic E-state index is 12.5. The van der Waals surface area contributed by atoms with E-state index in [0.29, 0.717) is 13.1 Å². The fourth-order valence-electron chi connectivity index (χ4n) is 3.15. The molecule has 0 aliphatic carbocycles. The van der Waals surface area contributed by atoms with Crippen molar-refractivity contribution in [3.8, 4) is 0 Å². The van der Waals surface area contributed by atoms with Gasteiger partial charge >= 0.3 is 0 Å². The van der Waals surface area contributed by atoms with Gasteiger partial charge in [0.15, 0.2) is 0 Å². The minimum Gasteiger partial charge on any atom is -0.352 e. The molecule has 126 valence electrons. The smallest absolute Gasteiger partial charge is 0.225 e. The summed E-state index contributed by atoms with van der Waals surface area (Å²) >= 11 is 0. The molecule has 1 aromatic carbocycles. The van der Waals surface area contributed by atoms with Crippen LogP contribution < -0.4 is 10.2 Å². The zero-order chi connectivity index (χ0) is 16.9. The first-order chi connectivity index (χ1) is 11.6. The van der Waals surface area contributed by atoms with Crippen LogP contribution in [-0.2, 0) is 11.3 Å². The van der Waals surface area contributed by atoms with Gasteiger partial charge in [-0.05, 0) is 38.3 Å². The second-order valence-electron chi connectivity index (χ2n) is 6.44. The number of aryl methyl sites for hydroxylation is 2. The van der Waals surface area contributed by atoms with Crippen molar-refractivity contribution in [1.82, 2.24) is 15.3 Å². The van der Waals surface area contributed by atoms with E-state index in [0.717, 1.165) is 42.3 Å². The monoisotopic (exact) mass is 324 g/mol. The molecule has 5 heteroatoms. The Bertz CT molecular complexity index is 682. The molecule has 2 aromatic rings. The molecule has 1 aliphatic heterocycles. The van der Waals surface area contributed by atoms with E-state index in [9.17, 15) is 4.79 Å². The van der Waals surface area contributed by atoms with E-state index in [-0.39, 0.29) is 11.8 Å². The summed E-state index contributed by atoms with van der Waals surface area (Å²) in [6, 6.07) is 12.0. The van der Waals surface area contributed by atoms with Gasteiger partial charge in [0.2, 0.25) is 11.9 Å². The van der Waals surface area contributed by atoms with Crippen molar-refractivity contribution in [2.24, 2.45) is 5.92 Å². The average molecular weight is 324 g/mol.